The minimum absolute atomic E-state index is 0.0727. The number of hydrogen-bond acceptors (Lipinski definition) is 6. The zero-order valence-corrected chi connectivity index (χ0v) is 54.6. The lowest BCUT2D eigenvalue weighted by molar-refractivity contribution is -0.167. The number of esters is 3. The van der Waals surface area contributed by atoms with E-state index in [4.69, 9.17) is 14.2 Å². The lowest BCUT2D eigenvalue weighted by atomic mass is 10.0. The molecule has 0 radical (unpaired) electrons. The summed E-state index contributed by atoms with van der Waals surface area (Å²) in [6.07, 6.45) is 88.6. The Kier molecular flexibility index (Phi) is 67.6. The van der Waals surface area contributed by atoms with Crippen LogP contribution in [0.1, 0.15) is 393 Å². The predicted molar refractivity (Wildman–Crippen MR) is 353 cm³/mol. The van der Waals surface area contributed by atoms with Crippen molar-refractivity contribution in [3.8, 4) is 0 Å². The smallest absolute Gasteiger partial charge is 0.306 e. The second-order valence-corrected chi connectivity index (χ2v) is 24.5. The Morgan fingerprint density at radius 1 is 0.259 bits per heavy atom. The van der Waals surface area contributed by atoms with Crippen molar-refractivity contribution in [2.75, 3.05) is 13.2 Å². The molecule has 0 rings (SSSR count). The van der Waals surface area contributed by atoms with Crippen LogP contribution in [0.2, 0.25) is 0 Å². The normalized spacial score (nSPS) is 12.3. The van der Waals surface area contributed by atoms with Gasteiger partial charge < -0.3 is 14.2 Å². The summed E-state index contributed by atoms with van der Waals surface area (Å²) in [7, 11) is 0. The van der Waals surface area contributed by atoms with Gasteiger partial charge in [0.1, 0.15) is 13.2 Å². The van der Waals surface area contributed by atoms with Crippen molar-refractivity contribution < 1.29 is 28.6 Å². The van der Waals surface area contributed by atoms with Gasteiger partial charge in [-0.1, -0.05) is 345 Å². The van der Waals surface area contributed by atoms with Crippen LogP contribution in [0.15, 0.2) is 48.6 Å². The van der Waals surface area contributed by atoms with E-state index in [-0.39, 0.29) is 31.1 Å². The lowest BCUT2D eigenvalue weighted by Crippen LogP contribution is -2.30. The Hall–Kier alpha value is -2.63. The highest BCUT2D eigenvalue weighted by atomic mass is 16.6. The van der Waals surface area contributed by atoms with Crippen LogP contribution in [0.25, 0.3) is 0 Å². The minimum atomic E-state index is -0.779. The van der Waals surface area contributed by atoms with E-state index in [1.807, 2.05) is 0 Å². The van der Waals surface area contributed by atoms with Crippen molar-refractivity contribution in [2.24, 2.45) is 0 Å². The van der Waals surface area contributed by atoms with Crippen molar-refractivity contribution in [3.63, 3.8) is 0 Å². The maximum absolute atomic E-state index is 13.0. The van der Waals surface area contributed by atoms with Crippen LogP contribution in [0, 0.1) is 0 Å². The third-order valence-corrected chi connectivity index (χ3v) is 16.3. The molecule has 0 amide bonds. The van der Waals surface area contributed by atoms with Gasteiger partial charge in [-0.25, -0.2) is 0 Å². The first-order chi connectivity index (χ1) is 40.0. The summed E-state index contributed by atoms with van der Waals surface area (Å²) in [6.45, 7) is 6.60. The van der Waals surface area contributed by atoms with E-state index in [2.05, 4.69) is 69.4 Å². The van der Waals surface area contributed by atoms with Gasteiger partial charge in [0.25, 0.3) is 0 Å². The van der Waals surface area contributed by atoms with Gasteiger partial charge in [-0.3, -0.25) is 14.4 Å². The first-order valence-corrected chi connectivity index (χ1v) is 36.1. The molecule has 0 spiro atoms. The fourth-order valence-corrected chi connectivity index (χ4v) is 10.9. The number of hydrogen-bond donors (Lipinski definition) is 0. The molecule has 0 aromatic heterocycles. The van der Waals surface area contributed by atoms with Crippen molar-refractivity contribution in [1.29, 1.82) is 0 Å². The molecule has 0 aliphatic carbocycles. The van der Waals surface area contributed by atoms with E-state index in [9.17, 15) is 14.4 Å². The summed E-state index contributed by atoms with van der Waals surface area (Å²) < 4.78 is 17.0. The number of allylic oxidation sites excluding steroid dienone is 8. The maximum Gasteiger partial charge on any atom is 0.306 e. The Balaban J connectivity index is 4.29. The van der Waals surface area contributed by atoms with Crippen molar-refractivity contribution in [3.05, 3.63) is 48.6 Å². The van der Waals surface area contributed by atoms with Crippen LogP contribution >= 0.6 is 0 Å². The maximum atomic E-state index is 13.0. The van der Waals surface area contributed by atoms with Crippen LogP contribution in [-0.2, 0) is 28.6 Å². The van der Waals surface area contributed by atoms with Gasteiger partial charge >= 0.3 is 17.9 Å². The zero-order valence-electron chi connectivity index (χ0n) is 54.6. The molecule has 0 aliphatic rings. The molecule has 0 saturated heterocycles. The van der Waals surface area contributed by atoms with Crippen LogP contribution in [0.5, 0.6) is 0 Å². The molecule has 0 saturated carbocycles. The molecular weight excluding hydrogens is 997 g/mol. The summed E-state index contributed by atoms with van der Waals surface area (Å²) >= 11 is 0. The van der Waals surface area contributed by atoms with Crippen molar-refractivity contribution in [1.82, 2.24) is 0 Å². The van der Waals surface area contributed by atoms with Gasteiger partial charge in [0, 0.05) is 19.3 Å². The average Bonchev–Trinajstić information content (AvgIpc) is 3.47. The lowest BCUT2D eigenvalue weighted by Gasteiger charge is -2.18. The largest absolute Gasteiger partial charge is 0.462 e. The Morgan fingerprint density at radius 2 is 0.481 bits per heavy atom. The van der Waals surface area contributed by atoms with E-state index in [1.54, 1.807) is 0 Å². The number of ether oxygens (including phenoxy) is 3. The summed E-state index contributed by atoms with van der Waals surface area (Å²) in [5, 5.41) is 0. The fourth-order valence-electron chi connectivity index (χ4n) is 10.9. The monoisotopic (exact) mass is 1140 g/mol. The second kappa shape index (κ2) is 69.9. The van der Waals surface area contributed by atoms with Crippen molar-refractivity contribution in [2.45, 2.75) is 399 Å². The Labute approximate surface area is 505 Å². The molecule has 1 unspecified atom stereocenters. The summed E-state index contributed by atoms with van der Waals surface area (Å²) in [5.41, 5.74) is 0. The van der Waals surface area contributed by atoms with Gasteiger partial charge in [0.15, 0.2) is 6.10 Å². The van der Waals surface area contributed by atoms with Gasteiger partial charge in [-0.2, -0.15) is 0 Å². The third-order valence-electron chi connectivity index (χ3n) is 16.3. The molecule has 0 aromatic carbocycles. The highest BCUT2D eigenvalue weighted by Gasteiger charge is 2.19. The van der Waals surface area contributed by atoms with Crippen LogP contribution in [-0.4, -0.2) is 37.2 Å². The van der Waals surface area contributed by atoms with Gasteiger partial charge in [0.05, 0.1) is 0 Å². The summed E-state index contributed by atoms with van der Waals surface area (Å²) in [5.74, 6) is -0.857. The molecule has 0 fully saturated rings. The fraction of sp³-hybridized carbons (Fsp3) is 0.853. The molecule has 1 atom stereocenters. The SMILES string of the molecule is CC/C=C\C/C=C\C/C=C\CCCCCCCCCC(=O)OCC(COC(=O)CCCCCCCCCCCCCCCCCCCCCCCCCCC)OC(=O)CCCCCCCCCCC/C=C\CCCCCCCCCC. The molecule has 0 bridgehead atoms. The van der Waals surface area contributed by atoms with Crippen LogP contribution < -0.4 is 0 Å². The first-order valence-electron chi connectivity index (χ1n) is 36.1. The molecule has 0 aliphatic heterocycles. The van der Waals surface area contributed by atoms with E-state index in [1.165, 1.54) is 270 Å². The van der Waals surface area contributed by atoms with Crippen molar-refractivity contribution >= 4 is 17.9 Å². The quantitative estimate of drug-likeness (QED) is 0.0261. The predicted octanol–water partition coefficient (Wildman–Crippen LogP) is 24.9. The minimum Gasteiger partial charge on any atom is -0.462 e. The third kappa shape index (κ3) is 68.0. The first kappa shape index (κ1) is 78.4. The average molecular weight is 1140 g/mol. The topological polar surface area (TPSA) is 78.9 Å². The van der Waals surface area contributed by atoms with Gasteiger partial charge in [-0.05, 0) is 77.0 Å². The van der Waals surface area contributed by atoms with E-state index in [0.717, 1.165) is 83.5 Å². The molecular formula is C75H138O6. The molecule has 0 N–H and O–H groups in total. The Bertz CT molecular complexity index is 1400. The van der Waals surface area contributed by atoms with Gasteiger partial charge in [0.2, 0.25) is 0 Å². The standard InChI is InChI=1S/C75H138O6/c1-4-7-10-13-16-19-22-25-28-31-33-35-36-37-38-40-41-44-47-50-53-56-59-62-65-68-74(77)80-71-72(70-79-73(76)67-64-61-58-55-52-49-46-43-30-27-24-21-18-15-12-9-6-3)81-75(78)69-66-63-60-57-54-51-48-45-42-39-34-32-29-26-23-20-17-14-11-8-5-2/h9,12,18,21,27,30,32,34,72H,4-8,10-11,13-17,19-20,22-26,28-29,31,33,35-71H2,1-3H3/b12-9-,21-18-,30-27-,34-32-. The van der Waals surface area contributed by atoms with E-state index >= 15 is 0 Å². The number of carbonyl (C=O) groups excluding carboxylic acids is 3. The van der Waals surface area contributed by atoms with Crippen LogP contribution in [0.4, 0.5) is 0 Å². The Morgan fingerprint density at radius 3 is 0.765 bits per heavy atom. The molecule has 6 nitrogen and oxygen atoms in total. The molecule has 0 heterocycles. The number of rotatable bonds is 67. The summed E-state index contributed by atoms with van der Waals surface area (Å²) in [4.78, 5) is 38.5. The molecule has 6 heteroatoms. The summed E-state index contributed by atoms with van der Waals surface area (Å²) in [6, 6.07) is 0. The van der Waals surface area contributed by atoms with Crippen LogP contribution in [0.3, 0.4) is 0 Å². The number of carbonyl (C=O) groups is 3. The molecule has 474 valence electrons. The van der Waals surface area contributed by atoms with Gasteiger partial charge in [-0.15, -0.1) is 0 Å². The zero-order chi connectivity index (χ0) is 58.5. The molecule has 0 aromatic rings. The van der Waals surface area contributed by atoms with E-state index < -0.39 is 6.10 Å². The molecule has 81 heavy (non-hydrogen) atoms. The highest BCUT2D eigenvalue weighted by molar-refractivity contribution is 5.71. The highest BCUT2D eigenvalue weighted by Crippen LogP contribution is 2.19. The number of unbranched alkanes of at least 4 members (excludes halogenated alkanes) is 48. The van der Waals surface area contributed by atoms with E-state index in [0.29, 0.717) is 19.3 Å². The second-order valence-electron chi connectivity index (χ2n) is 24.5.